The molecule has 0 saturated carbocycles. The molecule has 0 bridgehead atoms. The van der Waals surface area contributed by atoms with Crippen LogP contribution >= 0.6 is 15.9 Å². The Morgan fingerprint density at radius 2 is 1.53 bits per heavy atom. The molecule has 0 aliphatic carbocycles. The Hall–Kier alpha value is -4.02. The Morgan fingerprint density at radius 3 is 2.08 bits per heavy atom. The molecule has 0 radical (unpaired) electrons. The second kappa shape index (κ2) is 10.7. The maximum atomic E-state index is 12.9. The first-order valence-electron chi connectivity index (χ1n) is 9.43. The first-order chi connectivity index (χ1) is 16.8. The molecule has 0 atom stereocenters. The summed E-state index contributed by atoms with van der Waals surface area (Å²) in [7, 11) is 0. The molecular weight excluding hydrogens is 568 g/mol. The minimum atomic E-state index is -5.82. The number of hydrogen-bond acceptors (Lipinski definition) is 9. The predicted octanol–water partition coefficient (Wildman–Crippen LogP) is 5.60. The van der Waals surface area contributed by atoms with Gasteiger partial charge in [-0.1, -0.05) is 28.1 Å². The summed E-state index contributed by atoms with van der Waals surface area (Å²) in [5, 5.41) is 17.1. The van der Waals surface area contributed by atoms with E-state index in [-0.39, 0.29) is 11.4 Å². The predicted molar refractivity (Wildman–Crippen MR) is 118 cm³/mol. The summed E-state index contributed by atoms with van der Waals surface area (Å²) in [5.41, 5.74) is 2.73. The SMILES string of the molecule is O=[N+]([O-])c1ccc(Nc2nc(N/N=C/c3ccc(Br)cc3)nc(OC(C(F)(F)F)C(F)(F)F)n2)cc1. The standard InChI is InChI=1S/C19H12BrF6N7O3/c20-11-3-1-10(2-4-11)9-27-32-16-29-15(28-12-5-7-13(8-6-12)33(34)35)30-17(31-16)36-14(18(21,22)23)19(24,25)26/h1-9,14H,(H2,28,29,30,31,32)/b27-9+. The number of hydrazone groups is 1. The van der Waals surface area contributed by atoms with Gasteiger partial charge in [-0.25, -0.2) is 5.43 Å². The molecule has 0 unspecified atom stereocenters. The molecule has 2 N–H and O–H groups in total. The van der Waals surface area contributed by atoms with Crippen molar-refractivity contribution >= 4 is 45.4 Å². The third kappa shape index (κ3) is 7.49. The van der Waals surface area contributed by atoms with Crippen LogP contribution in [0.1, 0.15) is 5.56 Å². The van der Waals surface area contributed by atoms with Crippen molar-refractivity contribution < 1.29 is 36.0 Å². The van der Waals surface area contributed by atoms with Gasteiger partial charge in [0.1, 0.15) is 0 Å². The number of anilines is 3. The topological polar surface area (TPSA) is 127 Å². The highest BCUT2D eigenvalue weighted by Gasteiger charge is 2.59. The first kappa shape index (κ1) is 26.6. The van der Waals surface area contributed by atoms with E-state index in [0.717, 1.165) is 16.6 Å². The maximum Gasteiger partial charge on any atom is 0.434 e. The van der Waals surface area contributed by atoms with Crippen LogP contribution in [0.25, 0.3) is 0 Å². The lowest BCUT2D eigenvalue weighted by Crippen LogP contribution is -2.46. The fraction of sp³-hybridized carbons (Fsp3) is 0.158. The monoisotopic (exact) mass is 579 g/mol. The molecular formula is C19H12BrF6N7O3. The number of ether oxygens (including phenoxy) is 1. The average molecular weight is 580 g/mol. The Balaban J connectivity index is 1.91. The Kier molecular flexibility index (Phi) is 7.91. The van der Waals surface area contributed by atoms with Gasteiger partial charge in [-0.2, -0.15) is 46.4 Å². The van der Waals surface area contributed by atoms with Crippen LogP contribution in [0.2, 0.25) is 0 Å². The fourth-order valence-corrected chi connectivity index (χ4v) is 2.71. The van der Waals surface area contributed by atoms with E-state index in [9.17, 15) is 36.5 Å². The van der Waals surface area contributed by atoms with Crippen LogP contribution < -0.4 is 15.5 Å². The second-order valence-corrected chi connectivity index (χ2v) is 7.61. The number of nitrogens with one attached hydrogen (secondary N) is 2. The van der Waals surface area contributed by atoms with E-state index in [0.29, 0.717) is 5.56 Å². The first-order valence-corrected chi connectivity index (χ1v) is 10.2. The molecule has 0 spiro atoms. The van der Waals surface area contributed by atoms with Gasteiger partial charge in [0.2, 0.25) is 5.95 Å². The van der Waals surface area contributed by atoms with Gasteiger partial charge in [0, 0.05) is 22.3 Å². The number of non-ortho nitro benzene ring substituents is 1. The largest absolute Gasteiger partial charge is 0.440 e. The summed E-state index contributed by atoms with van der Waals surface area (Å²) in [5.74, 6) is -1.08. The van der Waals surface area contributed by atoms with Crippen molar-refractivity contribution in [2.45, 2.75) is 18.5 Å². The Bertz CT molecular complexity index is 1220. The number of aromatic nitrogens is 3. The summed E-state index contributed by atoms with van der Waals surface area (Å²) < 4.78 is 82.5. The second-order valence-electron chi connectivity index (χ2n) is 6.70. The van der Waals surface area contributed by atoms with Crippen LogP contribution in [0.15, 0.2) is 58.1 Å². The summed E-state index contributed by atoms with van der Waals surface area (Å²) in [6.07, 6.45) is -14.6. The number of nitro groups is 1. The number of nitrogens with zero attached hydrogens (tertiary/aromatic N) is 5. The van der Waals surface area contributed by atoms with E-state index in [4.69, 9.17) is 0 Å². The van der Waals surface area contributed by atoms with Crippen molar-refractivity contribution in [2.24, 2.45) is 5.10 Å². The van der Waals surface area contributed by atoms with Crippen LogP contribution in [0, 0.1) is 10.1 Å². The van der Waals surface area contributed by atoms with Crippen molar-refractivity contribution in [1.29, 1.82) is 0 Å². The van der Waals surface area contributed by atoms with E-state index in [1.807, 2.05) is 0 Å². The zero-order valence-electron chi connectivity index (χ0n) is 17.4. The van der Waals surface area contributed by atoms with Crippen molar-refractivity contribution in [1.82, 2.24) is 15.0 Å². The number of rotatable bonds is 8. The van der Waals surface area contributed by atoms with E-state index in [2.05, 4.69) is 51.5 Å². The molecule has 0 aliphatic rings. The minimum Gasteiger partial charge on any atom is -0.440 e. The number of alkyl halides is 6. The third-order valence-corrected chi connectivity index (χ3v) is 4.54. The van der Waals surface area contributed by atoms with E-state index in [1.54, 1.807) is 24.3 Å². The van der Waals surface area contributed by atoms with E-state index in [1.165, 1.54) is 18.3 Å². The van der Waals surface area contributed by atoms with E-state index >= 15 is 0 Å². The molecule has 36 heavy (non-hydrogen) atoms. The van der Waals surface area contributed by atoms with Gasteiger partial charge in [-0.15, -0.1) is 0 Å². The molecule has 1 heterocycles. The van der Waals surface area contributed by atoms with Gasteiger partial charge >= 0.3 is 18.4 Å². The van der Waals surface area contributed by atoms with Crippen molar-refractivity contribution in [3.63, 3.8) is 0 Å². The van der Waals surface area contributed by atoms with Crippen LogP contribution in [-0.4, -0.2) is 44.5 Å². The quantitative estimate of drug-likeness (QED) is 0.153. The lowest BCUT2D eigenvalue weighted by Gasteiger charge is -2.22. The van der Waals surface area contributed by atoms with Crippen molar-refractivity contribution in [3.8, 4) is 6.01 Å². The summed E-state index contributed by atoms with van der Waals surface area (Å²) >= 11 is 3.25. The Labute approximate surface area is 205 Å². The summed E-state index contributed by atoms with van der Waals surface area (Å²) in [6.45, 7) is 0. The minimum absolute atomic E-state index is 0.130. The molecule has 2 aromatic carbocycles. The van der Waals surface area contributed by atoms with Gasteiger partial charge in [0.05, 0.1) is 11.1 Å². The van der Waals surface area contributed by atoms with Crippen LogP contribution in [-0.2, 0) is 0 Å². The number of benzene rings is 2. The molecule has 1 aromatic heterocycles. The van der Waals surface area contributed by atoms with Crippen molar-refractivity contribution in [2.75, 3.05) is 10.7 Å². The molecule has 0 saturated heterocycles. The number of hydrogen-bond donors (Lipinski definition) is 2. The van der Waals surface area contributed by atoms with Crippen LogP contribution in [0.4, 0.5) is 49.6 Å². The van der Waals surface area contributed by atoms with Gasteiger partial charge in [0.25, 0.3) is 17.7 Å². The zero-order chi connectivity index (χ0) is 26.5. The van der Waals surface area contributed by atoms with Crippen LogP contribution in [0.3, 0.4) is 0 Å². The highest BCUT2D eigenvalue weighted by molar-refractivity contribution is 9.10. The molecule has 0 amide bonds. The molecule has 17 heteroatoms. The maximum absolute atomic E-state index is 12.9. The molecule has 10 nitrogen and oxygen atoms in total. The third-order valence-electron chi connectivity index (χ3n) is 4.02. The normalized spacial score (nSPS) is 12.1. The highest BCUT2D eigenvalue weighted by atomic mass is 79.9. The zero-order valence-corrected chi connectivity index (χ0v) is 19.0. The number of nitro benzene ring substituents is 1. The van der Waals surface area contributed by atoms with Gasteiger partial charge < -0.3 is 10.1 Å². The molecule has 0 fully saturated rings. The van der Waals surface area contributed by atoms with Gasteiger partial charge in [-0.05, 0) is 29.8 Å². The molecule has 190 valence electrons. The summed E-state index contributed by atoms with van der Waals surface area (Å²) in [4.78, 5) is 20.8. The number of halogens is 7. The van der Waals surface area contributed by atoms with Crippen molar-refractivity contribution in [3.05, 3.63) is 68.7 Å². The highest BCUT2D eigenvalue weighted by Crippen LogP contribution is 2.36. The van der Waals surface area contributed by atoms with Gasteiger partial charge in [-0.3, -0.25) is 10.1 Å². The molecule has 3 aromatic rings. The lowest BCUT2D eigenvalue weighted by atomic mass is 10.2. The van der Waals surface area contributed by atoms with E-state index < -0.39 is 41.3 Å². The van der Waals surface area contributed by atoms with Crippen LogP contribution in [0.5, 0.6) is 6.01 Å². The Morgan fingerprint density at radius 1 is 0.944 bits per heavy atom. The summed E-state index contributed by atoms with van der Waals surface area (Å²) in [6, 6.07) is 10.1. The average Bonchev–Trinajstić information content (AvgIpc) is 2.78. The smallest absolute Gasteiger partial charge is 0.434 e. The lowest BCUT2D eigenvalue weighted by molar-refractivity contribution is -0.384. The molecule has 3 rings (SSSR count). The van der Waals surface area contributed by atoms with Gasteiger partial charge in [0.15, 0.2) is 0 Å². The molecule has 0 aliphatic heterocycles. The fourth-order valence-electron chi connectivity index (χ4n) is 2.45.